The van der Waals surface area contributed by atoms with Crippen LogP contribution in [-0.4, -0.2) is 11.3 Å². The van der Waals surface area contributed by atoms with Gasteiger partial charge in [0.2, 0.25) is 5.88 Å². The summed E-state index contributed by atoms with van der Waals surface area (Å²) in [5.41, 5.74) is 3.60. The molecule has 2 N–H and O–H groups in total. The molecule has 0 amide bonds. The van der Waals surface area contributed by atoms with E-state index in [0.29, 0.717) is 6.07 Å². The quantitative estimate of drug-likeness (QED) is 0.833. The highest BCUT2D eigenvalue weighted by Crippen LogP contribution is 2.33. The summed E-state index contributed by atoms with van der Waals surface area (Å²) >= 11 is 5.33. The average Bonchev–Trinajstić information content (AvgIpc) is 2.07. The smallest absolute Gasteiger partial charge is 0.397 e. The monoisotopic (exact) mass is 262 g/mol. The summed E-state index contributed by atoms with van der Waals surface area (Å²) in [5.74, 6) is -1.08. The maximum Gasteiger partial charge on any atom is 0.574 e. The lowest BCUT2D eigenvalue weighted by atomic mass is 10.3. The first-order chi connectivity index (χ1) is 7.20. The molecule has 0 aliphatic heterocycles. The van der Waals surface area contributed by atoms with E-state index in [-0.39, 0.29) is 0 Å². The van der Waals surface area contributed by atoms with Crippen LogP contribution in [-0.2, 0) is 0 Å². The molecule has 0 saturated carbocycles. The van der Waals surface area contributed by atoms with Gasteiger partial charge in [-0.1, -0.05) is 11.6 Å². The van der Waals surface area contributed by atoms with Crippen LogP contribution in [0.1, 0.15) is 12.1 Å². The number of alkyl halides is 5. The van der Waals surface area contributed by atoms with Gasteiger partial charge in [-0.2, -0.15) is 0 Å². The second-order valence-electron chi connectivity index (χ2n) is 2.60. The van der Waals surface area contributed by atoms with Gasteiger partial charge in [0.25, 0.3) is 6.43 Å². The fourth-order valence-electron chi connectivity index (χ4n) is 0.860. The van der Waals surface area contributed by atoms with E-state index in [9.17, 15) is 22.0 Å². The zero-order chi connectivity index (χ0) is 12.5. The Hall–Kier alpha value is -1.31. The van der Waals surface area contributed by atoms with Crippen molar-refractivity contribution in [3.05, 3.63) is 16.8 Å². The lowest BCUT2D eigenvalue weighted by Gasteiger charge is -2.11. The second kappa shape index (κ2) is 4.28. The van der Waals surface area contributed by atoms with Crippen molar-refractivity contribution >= 4 is 17.3 Å². The number of nitrogen functional groups attached to an aromatic ring is 1. The minimum absolute atomic E-state index is 0.466. The SMILES string of the molecule is Nc1cc(OC(F)(F)F)nc(C(F)F)c1Cl. The van der Waals surface area contributed by atoms with Gasteiger partial charge < -0.3 is 10.5 Å². The van der Waals surface area contributed by atoms with Crippen LogP contribution in [0.15, 0.2) is 6.07 Å². The molecule has 0 aliphatic rings. The standard InChI is InChI=1S/C7H4ClF5N2O/c8-4-2(14)1-3(16-7(11,12)13)15-5(4)6(9)10/h1,6H,(H2,14,15). The fraction of sp³-hybridized carbons (Fsp3) is 0.286. The molecular weight excluding hydrogens is 259 g/mol. The van der Waals surface area contributed by atoms with E-state index in [0.717, 1.165) is 0 Å². The second-order valence-corrected chi connectivity index (χ2v) is 2.98. The number of hydrogen-bond donors (Lipinski definition) is 1. The summed E-state index contributed by atoms with van der Waals surface area (Å²) in [5, 5.41) is -0.593. The number of rotatable bonds is 2. The Morgan fingerprint density at radius 2 is 1.94 bits per heavy atom. The fourth-order valence-corrected chi connectivity index (χ4v) is 1.04. The molecule has 16 heavy (non-hydrogen) atoms. The molecule has 0 radical (unpaired) electrons. The molecule has 0 atom stereocenters. The molecule has 1 aromatic rings. The van der Waals surface area contributed by atoms with Crippen molar-refractivity contribution in [3.8, 4) is 5.88 Å². The number of nitrogens with zero attached hydrogens (tertiary/aromatic N) is 1. The lowest BCUT2D eigenvalue weighted by Crippen LogP contribution is -2.18. The van der Waals surface area contributed by atoms with Gasteiger partial charge in [0.1, 0.15) is 5.69 Å². The Balaban J connectivity index is 3.14. The van der Waals surface area contributed by atoms with Crippen molar-refractivity contribution in [1.29, 1.82) is 0 Å². The van der Waals surface area contributed by atoms with Crippen molar-refractivity contribution in [2.24, 2.45) is 0 Å². The van der Waals surface area contributed by atoms with E-state index in [1.807, 2.05) is 0 Å². The van der Waals surface area contributed by atoms with Crippen molar-refractivity contribution in [2.45, 2.75) is 12.8 Å². The Morgan fingerprint density at radius 1 is 1.38 bits per heavy atom. The number of anilines is 1. The summed E-state index contributed by atoms with van der Waals surface area (Å²) in [6, 6.07) is 0.613. The number of aromatic nitrogens is 1. The summed E-state index contributed by atoms with van der Waals surface area (Å²) in [7, 11) is 0. The van der Waals surface area contributed by atoms with Crippen molar-refractivity contribution < 1.29 is 26.7 Å². The van der Waals surface area contributed by atoms with Crippen molar-refractivity contribution in [2.75, 3.05) is 5.73 Å². The lowest BCUT2D eigenvalue weighted by molar-refractivity contribution is -0.276. The molecule has 3 nitrogen and oxygen atoms in total. The maximum atomic E-state index is 12.3. The molecule has 1 heterocycles. The van der Waals surface area contributed by atoms with Crippen LogP contribution in [0.3, 0.4) is 0 Å². The van der Waals surface area contributed by atoms with Gasteiger partial charge in [0.05, 0.1) is 10.7 Å². The number of hydrogen-bond acceptors (Lipinski definition) is 3. The van der Waals surface area contributed by atoms with Gasteiger partial charge in [-0.05, 0) is 0 Å². The number of halogens is 6. The molecule has 0 fully saturated rings. The highest BCUT2D eigenvalue weighted by Gasteiger charge is 2.32. The Labute approximate surface area is 91.0 Å². The predicted octanol–water partition coefficient (Wildman–Crippen LogP) is 3.15. The van der Waals surface area contributed by atoms with E-state index in [1.165, 1.54) is 0 Å². The van der Waals surface area contributed by atoms with Gasteiger partial charge in [0, 0.05) is 6.07 Å². The summed E-state index contributed by atoms with van der Waals surface area (Å²) in [6.45, 7) is 0. The molecule has 1 aromatic heterocycles. The third-order valence-electron chi connectivity index (χ3n) is 1.41. The normalized spacial score (nSPS) is 11.9. The Morgan fingerprint density at radius 3 is 2.38 bits per heavy atom. The predicted molar refractivity (Wildman–Crippen MR) is 45.3 cm³/mol. The Bertz CT molecular complexity index is 395. The number of pyridine rings is 1. The van der Waals surface area contributed by atoms with Crippen molar-refractivity contribution in [1.82, 2.24) is 4.98 Å². The largest absolute Gasteiger partial charge is 0.574 e. The van der Waals surface area contributed by atoms with Crippen LogP contribution in [0, 0.1) is 0 Å². The van der Waals surface area contributed by atoms with Crippen LogP contribution < -0.4 is 10.5 Å². The molecule has 1 rings (SSSR count). The van der Waals surface area contributed by atoms with Crippen molar-refractivity contribution in [3.63, 3.8) is 0 Å². The van der Waals surface area contributed by atoms with Crippen LogP contribution in [0.5, 0.6) is 5.88 Å². The van der Waals surface area contributed by atoms with E-state index >= 15 is 0 Å². The molecule has 0 bridgehead atoms. The average molecular weight is 263 g/mol. The first-order valence-corrected chi connectivity index (χ1v) is 4.08. The molecule has 0 saturated heterocycles. The summed E-state index contributed by atoms with van der Waals surface area (Å²) < 4.78 is 63.3. The third-order valence-corrected chi connectivity index (χ3v) is 1.83. The van der Waals surface area contributed by atoms with Gasteiger partial charge in [-0.25, -0.2) is 13.8 Å². The van der Waals surface area contributed by atoms with Gasteiger partial charge in [-0.3, -0.25) is 0 Å². The summed E-state index contributed by atoms with van der Waals surface area (Å²) in [6.07, 6.45) is -8.18. The molecular formula is C7H4ClF5N2O. The zero-order valence-corrected chi connectivity index (χ0v) is 8.11. The highest BCUT2D eigenvalue weighted by atomic mass is 35.5. The molecule has 0 aliphatic carbocycles. The molecule has 0 aromatic carbocycles. The minimum atomic E-state index is -5.04. The minimum Gasteiger partial charge on any atom is -0.397 e. The van der Waals surface area contributed by atoms with Crippen LogP contribution in [0.2, 0.25) is 5.02 Å². The first kappa shape index (κ1) is 12.8. The van der Waals surface area contributed by atoms with Gasteiger partial charge in [-0.15, -0.1) is 13.2 Å². The topological polar surface area (TPSA) is 48.1 Å². The number of nitrogens with two attached hydrogens (primary N) is 1. The molecule has 9 heteroatoms. The van der Waals surface area contributed by atoms with Crippen LogP contribution in [0.4, 0.5) is 27.6 Å². The van der Waals surface area contributed by atoms with E-state index in [2.05, 4.69) is 9.72 Å². The number of ether oxygens (including phenoxy) is 1. The third kappa shape index (κ3) is 3.09. The van der Waals surface area contributed by atoms with Gasteiger partial charge >= 0.3 is 6.36 Å². The highest BCUT2D eigenvalue weighted by molar-refractivity contribution is 6.33. The van der Waals surface area contributed by atoms with Crippen LogP contribution >= 0.6 is 11.6 Å². The van der Waals surface area contributed by atoms with E-state index in [4.69, 9.17) is 17.3 Å². The zero-order valence-electron chi connectivity index (χ0n) is 7.36. The van der Waals surface area contributed by atoms with E-state index in [1.54, 1.807) is 0 Å². The summed E-state index contributed by atoms with van der Waals surface area (Å²) in [4.78, 5) is 2.91. The first-order valence-electron chi connectivity index (χ1n) is 3.70. The van der Waals surface area contributed by atoms with Crippen LogP contribution in [0.25, 0.3) is 0 Å². The Kier molecular flexibility index (Phi) is 3.41. The molecule has 0 unspecified atom stereocenters. The maximum absolute atomic E-state index is 12.3. The molecule has 90 valence electrons. The molecule has 0 spiro atoms. The van der Waals surface area contributed by atoms with Gasteiger partial charge in [0.15, 0.2) is 0 Å². The van der Waals surface area contributed by atoms with E-state index < -0.39 is 35.1 Å².